The van der Waals surface area contributed by atoms with Crippen LogP contribution in [-0.4, -0.2) is 5.11 Å². The summed E-state index contributed by atoms with van der Waals surface area (Å²) in [5.41, 5.74) is 9.29. The first kappa shape index (κ1) is 14.8. The smallest absolute Gasteiger partial charge is 0.120 e. The Hall–Kier alpha value is -0.250. The molecule has 0 amide bonds. The number of hydrogen-bond donors (Lipinski definition) is 2. The molecule has 1 aliphatic carbocycles. The Labute approximate surface area is 117 Å². The minimum atomic E-state index is -0.0225. The maximum atomic E-state index is 10.0. The molecular weight excluding hydrogens is 302 g/mol. The highest BCUT2D eigenvalue weighted by Gasteiger charge is 2.29. The summed E-state index contributed by atoms with van der Waals surface area (Å²) in [5.74, 6) is 0.886. The molecule has 0 bridgehead atoms. The van der Waals surface area contributed by atoms with Crippen molar-refractivity contribution in [2.75, 3.05) is 0 Å². The molecule has 1 saturated carbocycles. The van der Waals surface area contributed by atoms with Gasteiger partial charge < -0.3 is 10.8 Å². The molecule has 1 aromatic carbocycles. The zero-order valence-electron chi connectivity index (χ0n) is 10.2. The highest BCUT2D eigenvalue weighted by molar-refractivity contribution is 9.10. The average molecular weight is 321 g/mol. The first-order valence-corrected chi connectivity index (χ1v) is 6.55. The Bertz CT molecular complexity index is 418. The van der Waals surface area contributed by atoms with Crippen LogP contribution < -0.4 is 5.73 Å². The predicted octanol–water partition coefficient (Wildman–Crippen LogP) is 3.99. The van der Waals surface area contributed by atoms with Crippen molar-refractivity contribution in [1.29, 1.82) is 0 Å². The summed E-state index contributed by atoms with van der Waals surface area (Å²) in [5, 5.41) is 10.0. The number of aromatic hydroxyl groups is 1. The van der Waals surface area contributed by atoms with Crippen molar-refractivity contribution in [1.82, 2.24) is 0 Å². The third-order valence-corrected chi connectivity index (χ3v) is 4.92. The minimum absolute atomic E-state index is 0. The lowest BCUT2D eigenvalue weighted by Crippen LogP contribution is -2.27. The molecule has 1 aromatic rings. The molecule has 0 aliphatic heterocycles. The Balaban J connectivity index is 0.00000144. The number of benzene rings is 1. The molecule has 0 saturated heterocycles. The summed E-state index contributed by atoms with van der Waals surface area (Å²) in [6.07, 6.45) is 3.64. The summed E-state index contributed by atoms with van der Waals surface area (Å²) >= 11 is 3.55. The lowest BCUT2D eigenvalue weighted by Gasteiger charge is -2.33. The second kappa shape index (κ2) is 5.59. The second-order valence-corrected chi connectivity index (χ2v) is 5.58. The molecule has 4 heteroatoms. The van der Waals surface area contributed by atoms with Crippen molar-refractivity contribution in [3.8, 4) is 5.75 Å². The van der Waals surface area contributed by atoms with E-state index in [1.165, 1.54) is 19.3 Å². The van der Waals surface area contributed by atoms with E-state index < -0.39 is 0 Å². The lowest BCUT2D eigenvalue weighted by molar-refractivity contribution is 0.260. The van der Waals surface area contributed by atoms with Crippen LogP contribution in [0.4, 0.5) is 0 Å². The maximum Gasteiger partial charge on any atom is 0.120 e. The van der Waals surface area contributed by atoms with E-state index in [0.717, 1.165) is 21.2 Å². The van der Waals surface area contributed by atoms with Gasteiger partial charge in [-0.2, -0.15) is 0 Å². The normalized spacial score (nSPS) is 17.2. The third kappa shape index (κ3) is 2.61. The van der Waals surface area contributed by atoms with Crippen molar-refractivity contribution < 1.29 is 5.11 Å². The topological polar surface area (TPSA) is 46.2 Å². The molecule has 1 atom stereocenters. The van der Waals surface area contributed by atoms with Crippen LogP contribution in [0.3, 0.4) is 0 Å². The van der Waals surface area contributed by atoms with Gasteiger partial charge in [0.1, 0.15) is 5.75 Å². The molecule has 96 valence electrons. The van der Waals surface area contributed by atoms with Crippen molar-refractivity contribution in [3.63, 3.8) is 0 Å². The number of aryl methyl sites for hydroxylation is 1. The summed E-state index contributed by atoms with van der Waals surface area (Å²) < 4.78 is 1.06. The molecule has 2 rings (SSSR count). The molecule has 0 unspecified atom stereocenters. The number of rotatable bonds is 2. The highest BCUT2D eigenvalue weighted by Crippen LogP contribution is 2.42. The van der Waals surface area contributed by atoms with Gasteiger partial charge in [0.2, 0.25) is 0 Å². The average Bonchev–Trinajstić information content (AvgIpc) is 2.11. The third-order valence-electron chi connectivity index (χ3n) is 3.70. The summed E-state index contributed by atoms with van der Waals surface area (Å²) in [6, 6.07) is 1.77. The summed E-state index contributed by atoms with van der Waals surface area (Å²) in [4.78, 5) is 0. The quantitative estimate of drug-likeness (QED) is 0.865. The number of halogens is 2. The fourth-order valence-corrected chi connectivity index (χ4v) is 2.74. The van der Waals surface area contributed by atoms with E-state index in [0.29, 0.717) is 11.7 Å². The minimum Gasteiger partial charge on any atom is -0.508 e. The van der Waals surface area contributed by atoms with Crippen LogP contribution in [0.15, 0.2) is 10.5 Å². The van der Waals surface area contributed by atoms with Gasteiger partial charge in [0, 0.05) is 16.1 Å². The number of phenols is 1. The Morgan fingerprint density at radius 2 is 2.00 bits per heavy atom. The van der Waals surface area contributed by atoms with Gasteiger partial charge in [-0.1, -0.05) is 22.4 Å². The maximum absolute atomic E-state index is 10.0. The SMILES string of the molecule is Cc1cc(O)c([C@H](N)C2CCC2)c(C)c1Br.Cl. The summed E-state index contributed by atoms with van der Waals surface area (Å²) in [7, 11) is 0. The Kier molecular flexibility index (Phi) is 4.87. The van der Waals surface area contributed by atoms with Gasteiger partial charge in [-0.3, -0.25) is 0 Å². The van der Waals surface area contributed by atoms with Crippen LogP contribution in [0.1, 0.15) is 42.0 Å². The lowest BCUT2D eigenvalue weighted by atomic mass is 9.76. The zero-order valence-corrected chi connectivity index (χ0v) is 12.6. The van der Waals surface area contributed by atoms with Gasteiger partial charge in [-0.25, -0.2) is 0 Å². The number of hydrogen-bond acceptors (Lipinski definition) is 2. The molecule has 1 fully saturated rings. The van der Waals surface area contributed by atoms with E-state index in [9.17, 15) is 5.11 Å². The van der Waals surface area contributed by atoms with Crippen molar-refractivity contribution in [2.45, 2.75) is 39.2 Å². The van der Waals surface area contributed by atoms with E-state index in [4.69, 9.17) is 5.73 Å². The van der Waals surface area contributed by atoms with Gasteiger partial charge in [0.15, 0.2) is 0 Å². The number of phenolic OH excluding ortho intramolecular Hbond substituents is 1. The molecule has 0 radical (unpaired) electrons. The molecule has 2 nitrogen and oxygen atoms in total. The second-order valence-electron chi connectivity index (χ2n) is 4.78. The van der Waals surface area contributed by atoms with E-state index in [-0.39, 0.29) is 18.4 Å². The molecular formula is C13H19BrClNO. The highest BCUT2D eigenvalue weighted by atomic mass is 79.9. The predicted molar refractivity (Wildman–Crippen MR) is 76.8 cm³/mol. The fourth-order valence-electron chi connectivity index (χ4n) is 2.41. The van der Waals surface area contributed by atoms with Crippen LogP contribution in [0, 0.1) is 19.8 Å². The van der Waals surface area contributed by atoms with Crippen LogP contribution in [-0.2, 0) is 0 Å². The molecule has 0 heterocycles. The Morgan fingerprint density at radius 1 is 1.41 bits per heavy atom. The molecule has 0 aromatic heterocycles. The molecule has 3 N–H and O–H groups in total. The first-order valence-electron chi connectivity index (χ1n) is 5.76. The van der Waals surface area contributed by atoms with Gasteiger partial charge in [0.25, 0.3) is 0 Å². The molecule has 1 aliphatic rings. The van der Waals surface area contributed by atoms with Crippen molar-refractivity contribution in [3.05, 3.63) is 27.2 Å². The summed E-state index contributed by atoms with van der Waals surface area (Å²) in [6.45, 7) is 4.00. The van der Waals surface area contributed by atoms with Gasteiger partial charge >= 0.3 is 0 Å². The van der Waals surface area contributed by atoms with E-state index >= 15 is 0 Å². The molecule has 17 heavy (non-hydrogen) atoms. The van der Waals surface area contributed by atoms with Crippen molar-refractivity contribution >= 4 is 28.3 Å². The first-order chi connectivity index (χ1) is 7.52. The van der Waals surface area contributed by atoms with Crippen LogP contribution in [0.5, 0.6) is 5.75 Å². The Morgan fingerprint density at radius 3 is 2.47 bits per heavy atom. The molecule has 0 spiro atoms. The van der Waals surface area contributed by atoms with Gasteiger partial charge in [0.05, 0.1) is 0 Å². The number of nitrogens with two attached hydrogens (primary N) is 1. The van der Waals surface area contributed by atoms with E-state index in [2.05, 4.69) is 15.9 Å². The van der Waals surface area contributed by atoms with E-state index in [1.807, 2.05) is 13.8 Å². The van der Waals surface area contributed by atoms with Gasteiger partial charge in [-0.15, -0.1) is 12.4 Å². The van der Waals surface area contributed by atoms with Gasteiger partial charge in [-0.05, 0) is 49.8 Å². The van der Waals surface area contributed by atoms with Crippen LogP contribution >= 0.6 is 28.3 Å². The zero-order chi connectivity index (χ0) is 11.9. The standard InChI is InChI=1S/C13H18BrNO.ClH/c1-7-6-10(16)11(8(2)12(7)14)13(15)9-4-3-5-9;/h6,9,13,16H,3-5,15H2,1-2H3;1H/t13-;/m1./s1. The van der Waals surface area contributed by atoms with Crippen molar-refractivity contribution in [2.24, 2.45) is 11.7 Å². The van der Waals surface area contributed by atoms with Crippen LogP contribution in [0.25, 0.3) is 0 Å². The van der Waals surface area contributed by atoms with E-state index in [1.54, 1.807) is 6.07 Å². The largest absolute Gasteiger partial charge is 0.508 e. The fraction of sp³-hybridized carbons (Fsp3) is 0.538. The van der Waals surface area contributed by atoms with Crippen LogP contribution in [0.2, 0.25) is 0 Å². The monoisotopic (exact) mass is 319 g/mol.